The predicted molar refractivity (Wildman–Crippen MR) is 87.8 cm³/mol. The topological polar surface area (TPSA) is 45.8 Å². The Bertz CT molecular complexity index is 796. The van der Waals surface area contributed by atoms with Gasteiger partial charge in [0.15, 0.2) is 0 Å². The molecule has 1 heterocycles. The summed E-state index contributed by atoms with van der Waals surface area (Å²) in [6, 6.07) is 12.1. The predicted octanol–water partition coefficient (Wildman–Crippen LogP) is 3.68. The van der Waals surface area contributed by atoms with Gasteiger partial charge in [-0.15, -0.1) is 0 Å². The standard InChI is InChI=1S/C19H20N2O/c1-2-11-21-18(10-9-17(13-20)19(21)22)16-8-7-14-5-3-4-6-15(14)12-16/h7-10,12H,2-6,11H2,1H3. The van der Waals surface area contributed by atoms with Gasteiger partial charge in [-0.25, -0.2) is 0 Å². The second-order valence-electron chi connectivity index (χ2n) is 5.89. The van der Waals surface area contributed by atoms with Gasteiger partial charge in [0.1, 0.15) is 11.6 Å². The molecule has 1 aromatic heterocycles. The molecular weight excluding hydrogens is 272 g/mol. The van der Waals surface area contributed by atoms with Gasteiger partial charge in [0.2, 0.25) is 0 Å². The van der Waals surface area contributed by atoms with Crippen LogP contribution >= 0.6 is 0 Å². The summed E-state index contributed by atoms with van der Waals surface area (Å²) in [4.78, 5) is 12.4. The molecule has 0 spiro atoms. The van der Waals surface area contributed by atoms with Crippen LogP contribution < -0.4 is 5.56 Å². The molecule has 0 atom stereocenters. The van der Waals surface area contributed by atoms with E-state index in [-0.39, 0.29) is 11.1 Å². The smallest absolute Gasteiger partial charge is 0.268 e. The van der Waals surface area contributed by atoms with Crippen LogP contribution in [0.15, 0.2) is 35.1 Å². The van der Waals surface area contributed by atoms with Gasteiger partial charge in [-0.3, -0.25) is 4.79 Å². The van der Waals surface area contributed by atoms with Crippen molar-refractivity contribution >= 4 is 0 Å². The molecule has 0 fully saturated rings. The van der Waals surface area contributed by atoms with E-state index in [9.17, 15) is 4.79 Å². The molecule has 112 valence electrons. The molecule has 0 saturated heterocycles. The molecule has 1 aliphatic rings. The molecule has 1 aromatic carbocycles. The summed E-state index contributed by atoms with van der Waals surface area (Å²) in [6.07, 6.45) is 5.66. The van der Waals surface area contributed by atoms with Crippen molar-refractivity contribution in [3.05, 3.63) is 57.4 Å². The van der Waals surface area contributed by atoms with E-state index in [2.05, 4.69) is 18.2 Å². The van der Waals surface area contributed by atoms with E-state index in [1.165, 1.54) is 24.0 Å². The molecule has 3 nitrogen and oxygen atoms in total. The molecule has 0 N–H and O–H groups in total. The highest BCUT2D eigenvalue weighted by Gasteiger charge is 2.13. The largest absolute Gasteiger partial charge is 0.307 e. The molecule has 2 aromatic rings. The monoisotopic (exact) mass is 292 g/mol. The molecule has 22 heavy (non-hydrogen) atoms. The summed E-state index contributed by atoms with van der Waals surface area (Å²) in [5.74, 6) is 0. The summed E-state index contributed by atoms with van der Waals surface area (Å²) < 4.78 is 1.74. The lowest BCUT2D eigenvalue weighted by Crippen LogP contribution is -2.24. The van der Waals surface area contributed by atoms with Gasteiger partial charge in [-0.2, -0.15) is 5.26 Å². The fourth-order valence-electron chi connectivity index (χ4n) is 3.25. The number of hydrogen-bond donors (Lipinski definition) is 0. The summed E-state index contributed by atoms with van der Waals surface area (Å²) in [5, 5.41) is 9.07. The Morgan fingerprint density at radius 3 is 2.64 bits per heavy atom. The highest BCUT2D eigenvalue weighted by Crippen LogP contribution is 2.27. The minimum absolute atomic E-state index is 0.181. The van der Waals surface area contributed by atoms with Crippen LogP contribution in [0.3, 0.4) is 0 Å². The Labute approximate surface area is 130 Å². The van der Waals surface area contributed by atoms with Crippen LogP contribution in [0.25, 0.3) is 11.3 Å². The second-order valence-corrected chi connectivity index (χ2v) is 5.89. The van der Waals surface area contributed by atoms with Crippen LogP contribution in [0.1, 0.15) is 42.9 Å². The van der Waals surface area contributed by atoms with Crippen molar-refractivity contribution in [1.82, 2.24) is 4.57 Å². The first-order valence-electron chi connectivity index (χ1n) is 8.00. The molecule has 0 unspecified atom stereocenters. The maximum Gasteiger partial charge on any atom is 0.268 e. The van der Waals surface area contributed by atoms with Crippen LogP contribution in [-0.2, 0) is 19.4 Å². The van der Waals surface area contributed by atoms with Crippen molar-refractivity contribution in [3.63, 3.8) is 0 Å². The van der Waals surface area contributed by atoms with E-state index in [0.717, 1.165) is 30.5 Å². The average Bonchev–Trinajstić information content (AvgIpc) is 2.56. The number of nitriles is 1. The Hall–Kier alpha value is -2.34. The third kappa shape index (κ3) is 2.57. The lowest BCUT2D eigenvalue weighted by Gasteiger charge is -2.18. The minimum Gasteiger partial charge on any atom is -0.307 e. The van der Waals surface area contributed by atoms with E-state index in [4.69, 9.17) is 5.26 Å². The quantitative estimate of drug-likeness (QED) is 0.866. The van der Waals surface area contributed by atoms with E-state index >= 15 is 0 Å². The van der Waals surface area contributed by atoms with Crippen molar-refractivity contribution in [2.24, 2.45) is 0 Å². The van der Waals surface area contributed by atoms with Crippen LogP contribution in [0, 0.1) is 11.3 Å². The molecule has 0 saturated carbocycles. The Morgan fingerprint density at radius 2 is 1.91 bits per heavy atom. The van der Waals surface area contributed by atoms with Crippen molar-refractivity contribution in [2.45, 2.75) is 45.6 Å². The normalized spacial score (nSPS) is 13.5. The lowest BCUT2D eigenvalue weighted by atomic mass is 9.90. The Morgan fingerprint density at radius 1 is 1.14 bits per heavy atom. The maximum atomic E-state index is 12.4. The zero-order valence-electron chi connectivity index (χ0n) is 12.9. The van der Waals surface area contributed by atoms with Gasteiger partial charge < -0.3 is 4.57 Å². The van der Waals surface area contributed by atoms with Crippen molar-refractivity contribution in [3.8, 4) is 17.3 Å². The number of nitrogens with zero attached hydrogens (tertiary/aromatic N) is 2. The van der Waals surface area contributed by atoms with Crippen molar-refractivity contribution < 1.29 is 0 Å². The van der Waals surface area contributed by atoms with Crippen LogP contribution in [0.4, 0.5) is 0 Å². The Kier molecular flexibility index (Phi) is 4.11. The number of fused-ring (bicyclic) bond motifs is 1. The maximum absolute atomic E-state index is 12.4. The van der Waals surface area contributed by atoms with E-state index in [0.29, 0.717) is 6.54 Å². The number of benzene rings is 1. The molecule has 3 rings (SSSR count). The molecule has 3 heteroatoms. The summed E-state index contributed by atoms with van der Waals surface area (Å²) in [7, 11) is 0. The van der Waals surface area contributed by atoms with Gasteiger partial charge >= 0.3 is 0 Å². The fourth-order valence-corrected chi connectivity index (χ4v) is 3.25. The zero-order chi connectivity index (χ0) is 15.5. The lowest BCUT2D eigenvalue weighted by molar-refractivity contribution is 0.658. The molecular formula is C19H20N2O. The van der Waals surface area contributed by atoms with Gasteiger partial charge in [0, 0.05) is 6.54 Å². The van der Waals surface area contributed by atoms with Crippen LogP contribution in [0.5, 0.6) is 0 Å². The van der Waals surface area contributed by atoms with Gasteiger partial charge in [0.05, 0.1) is 5.69 Å². The highest BCUT2D eigenvalue weighted by atomic mass is 16.1. The van der Waals surface area contributed by atoms with Gasteiger partial charge in [-0.05, 0) is 67.0 Å². The SMILES string of the molecule is CCCn1c(-c2ccc3c(c2)CCCC3)ccc(C#N)c1=O. The van der Waals surface area contributed by atoms with E-state index in [1.807, 2.05) is 19.1 Å². The summed E-state index contributed by atoms with van der Waals surface area (Å²) >= 11 is 0. The first-order chi connectivity index (χ1) is 10.7. The third-order valence-electron chi connectivity index (χ3n) is 4.39. The third-order valence-corrected chi connectivity index (χ3v) is 4.39. The second kappa shape index (κ2) is 6.19. The van der Waals surface area contributed by atoms with Crippen molar-refractivity contribution in [1.29, 1.82) is 5.26 Å². The molecule has 0 radical (unpaired) electrons. The number of aryl methyl sites for hydroxylation is 2. The minimum atomic E-state index is -0.181. The van der Waals surface area contributed by atoms with Gasteiger partial charge in [-0.1, -0.05) is 19.1 Å². The first-order valence-corrected chi connectivity index (χ1v) is 8.00. The molecule has 0 bridgehead atoms. The summed E-state index contributed by atoms with van der Waals surface area (Å²) in [6.45, 7) is 2.68. The van der Waals surface area contributed by atoms with Gasteiger partial charge in [0.25, 0.3) is 5.56 Å². The number of hydrogen-bond acceptors (Lipinski definition) is 2. The number of rotatable bonds is 3. The molecule has 0 aliphatic heterocycles. The average molecular weight is 292 g/mol. The number of pyridine rings is 1. The fraction of sp³-hybridized carbons (Fsp3) is 0.368. The number of aromatic nitrogens is 1. The summed E-state index contributed by atoms with van der Waals surface area (Å²) in [5.41, 5.74) is 4.88. The Balaban J connectivity index is 2.14. The van der Waals surface area contributed by atoms with E-state index < -0.39 is 0 Å². The van der Waals surface area contributed by atoms with Crippen molar-refractivity contribution in [2.75, 3.05) is 0 Å². The first kappa shape index (κ1) is 14.6. The van der Waals surface area contributed by atoms with Crippen LogP contribution in [-0.4, -0.2) is 4.57 Å². The highest BCUT2D eigenvalue weighted by molar-refractivity contribution is 5.62. The molecule has 0 amide bonds. The zero-order valence-corrected chi connectivity index (χ0v) is 12.9. The van der Waals surface area contributed by atoms with Crippen LogP contribution in [0.2, 0.25) is 0 Å². The molecule has 1 aliphatic carbocycles. The van der Waals surface area contributed by atoms with E-state index in [1.54, 1.807) is 10.6 Å².